The third kappa shape index (κ3) is 4.09. The van der Waals surface area contributed by atoms with Crippen molar-refractivity contribution < 1.29 is 8.42 Å². The van der Waals surface area contributed by atoms with E-state index in [0.29, 0.717) is 27.9 Å². The number of fused-ring (bicyclic) bond motifs is 3. The van der Waals surface area contributed by atoms with Crippen molar-refractivity contribution in [2.75, 3.05) is 6.26 Å². The molecule has 0 aliphatic heterocycles. The Morgan fingerprint density at radius 2 is 1.76 bits per heavy atom. The van der Waals surface area contributed by atoms with Crippen molar-refractivity contribution in [1.29, 1.82) is 5.26 Å². The summed E-state index contributed by atoms with van der Waals surface area (Å²) in [6.45, 7) is 5.88. The van der Waals surface area contributed by atoms with Gasteiger partial charge in [0.15, 0.2) is 27.0 Å². The predicted molar refractivity (Wildman–Crippen MR) is 138 cm³/mol. The van der Waals surface area contributed by atoms with E-state index in [1.807, 2.05) is 32.9 Å². The highest BCUT2D eigenvalue weighted by Gasteiger charge is 2.27. The van der Waals surface area contributed by atoms with Crippen LogP contribution in [0, 0.1) is 11.3 Å². The maximum atomic E-state index is 12.8. The van der Waals surface area contributed by atoms with Crippen molar-refractivity contribution in [3.8, 4) is 11.8 Å². The lowest BCUT2D eigenvalue weighted by molar-refractivity contribution is 0.564. The molecular formula is C25H22N8O3S. The molecule has 12 heteroatoms. The maximum absolute atomic E-state index is 12.8. The molecule has 0 saturated heterocycles. The molecule has 0 spiro atoms. The van der Waals surface area contributed by atoms with E-state index in [1.165, 1.54) is 16.9 Å². The number of nitrogens with one attached hydrogen (secondary N) is 1. The first-order valence-corrected chi connectivity index (χ1v) is 13.1. The van der Waals surface area contributed by atoms with Gasteiger partial charge in [0.05, 0.1) is 33.4 Å². The van der Waals surface area contributed by atoms with Crippen LogP contribution in [0.2, 0.25) is 0 Å². The summed E-state index contributed by atoms with van der Waals surface area (Å²) in [4.78, 5) is 15.7. The average molecular weight is 515 g/mol. The maximum Gasteiger partial charge on any atom is 0.259 e. The summed E-state index contributed by atoms with van der Waals surface area (Å²) >= 11 is 0. The Balaban J connectivity index is 1.77. The molecule has 5 aromatic rings. The zero-order valence-corrected chi connectivity index (χ0v) is 21.3. The van der Waals surface area contributed by atoms with Crippen LogP contribution in [0.15, 0.2) is 74.6 Å². The second-order valence-electron chi connectivity index (χ2n) is 9.52. The minimum absolute atomic E-state index is 0.0289. The van der Waals surface area contributed by atoms with Gasteiger partial charge in [-0.25, -0.2) is 17.6 Å². The topological polar surface area (TPSA) is 151 Å². The molecule has 0 amide bonds. The molecule has 0 saturated carbocycles. The van der Waals surface area contributed by atoms with Gasteiger partial charge in [-0.1, -0.05) is 45.0 Å². The molecule has 0 bridgehead atoms. The van der Waals surface area contributed by atoms with Crippen molar-refractivity contribution in [3.63, 3.8) is 0 Å². The molecule has 5 rings (SSSR count). The van der Waals surface area contributed by atoms with Crippen LogP contribution in [0.3, 0.4) is 0 Å². The molecule has 0 radical (unpaired) electrons. The van der Waals surface area contributed by atoms with E-state index < -0.39 is 15.3 Å². The number of aromatic amines is 1. The lowest BCUT2D eigenvalue weighted by atomic mass is 9.91. The first-order valence-electron chi connectivity index (χ1n) is 11.2. The van der Waals surface area contributed by atoms with Crippen LogP contribution in [0.1, 0.15) is 32.0 Å². The van der Waals surface area contributed by atoms with Crippen LogP contribution >= 0.6 is 0 Å². The number of hydrogen-bond acceptors (Lipinski definition) is 8. The van der Waals surface area contributed by atoms with Gasteiger partial charge >= 0.3 is 0 Å². The van der Waals surface area contributed by atoms with Crippen molar-refractivity contribution in [1.82, 2.24) is 24.4 Å². The van der Waals surface area contributed by atoms with E-state index >= 15 is 0 Å². The quantitative estimate of drug-likeness (QED) is 0.352. The summed E-state index contributed by atoms with van der Waals surface area (Å²) in [5.41, 5.74) is 1.41. The summed E-state index contributed by atoms with van der Waals surface area (Å²) < 4.78 is 27.7. The number of para-hydroxylation sites is 2. The highest BCUT2D eigenvalue weighted by molar-refractivity contribution is 7.90. The number of H-pyrrole nitrogens is 1. The van der Waals surface area contributed by atoms with Gasteiger partial charge in [0.1, 0.15) is 11.6 Å². The normalized spacial score (nSPS) is 12.5. The molecule has 0 unspecified atom stereocenters. The number of nitriles is 1. The second kappa shape index (κ2) is 8.49. The van der Waals surface area contributed by atoms with Crippen molar-refractivity contribution in [2.24, 2.45) is 10.2 Å². The van der Waals surface area contributed by atoms with Gasteiger partial charge < -0.3 is 4.98 Å². The van der Waals surface area contributed by atoms with Gasteiger partial charge in [-0.05, 0) is 24.3 Å². The Hall–Kier alpha value is -4.63. The average Bonchev–Trinajstić information content (AvgIpc) is 3.43. The fraction of sp³-hybridized carbons (Fsp3) is 0.200. The Bertz CT molecular complexity index is 1930. The minimum atomic E-state index is -3.60. The molecular weight excluding hydrogens is 492 g/mol. The summed E-state index contributed by atoms with van der Waals surface area (Å²) in [5, 5.41) is 27.9. The molecule has 1 N–H and O–H groups in total. The molecule has 0 fully saturated rings. The number of hydrogen-bond donors (Lipinski definition) is 1. The van der Waals surface area contributed by atoms with Crippen LogP contribution in [-0.4, -0.2) is 39.1 Å². The Labute approximate surface area is 211 Å². The lowest BCUT2D eigenvalue weighted by Crippen LogP contribution is -2.12. The standard InChI is InChI=1S/C25H22N8O3S/c1-25(2,3)21-20(23-28-24(34)16-9-5-6-10-17(16)33(23)31-21)29-30-22-15(13-26)14-27-32(22)18-11-7-8-12-19(18)37(4,35)36/h5-12,14H,1-4H3,(H,28,34)/b30-29+. The van der Waals surface area contributed by atoms with Gasteiger partial charge in [-0.15, -0.1) is 10.2 Å². The summed E-state index contributed by atoms with van der Waals surface area (Å²) in [6.07, 6.45) is 2.39. The molecule has 0 atom stereocenters. The summed E-state index contributed by atoms with van der Waals surface area (Å²) in [5.74, 6) is 0.0425. The van der Waals surface area contributed by atoms with Crippen LogP contribution < -0.4 is 5.56 Å². The molecule has 11 nitrogen and oxygen atoms in total. The van der Waals surface area contributed by atoms with Crippen LogP contribution in [0.4, 0.5) is 11.5 Å². The van der Waals surface area contributed by atoms with E-state index in [-0.39, 0.29) is 27.5 Å². The SMILES string of the molecule is CC(C)(C)c1nn2c([nH]c(=O)c3ccccc32)c1/N=N/c1c(C#N)cnn1-c1ccccc1S(C)(=O)=O. The Morgan fingerprint density at radius 1 is 1.05 bits per heavy atom. The number of sulfone groups is 1. The van der Waals surface area contributed by atoms with Crippen molar-refractivity contribution in [3.05, 3.63) is 76.3 Å². The van der Waals surface area contributed by atoms with Crippen LogP contribution in [-0.2, 0) is 15.3 Å². The highest BCUT2D eigenvalue weighted by atomic mass is 32.2. The molecule has 3 heterocycles. The molecule has 0 aliphatic rings. The largest absolute Gasteiger partial charge is 0.304 e. The smallest absolute Gasteiger partial charge is 0.259 e. The van der Waals surface area contributed by atoms with Crippen LogP contribution in [0.5, 0.6) is 0 Å². The van der Waals surface area contributed by atoms with Gasteiger partial charge in [-0.3, -0.25) is 4.79 Å². The molecule has 37 heavy (non-hydrogen) atoms. The Morgan fingerprint density at radius 3 is 2.46 bits per heavy atom. The number of azo groups is 1. The number of aromatic nitrogens is 5. The van der Waals surface area contributed by atoms with E-state index in [4.69, 9.17) is 5.10 Å². The van der Waals surface area contributed by atoms with Crippen molar-refractivity contribution >= 4 is 37.9 Å². The third-order valence-electron chi connectivity index (χ3n) is 5.78. The fourth-order valence-electron chi connectivity index (χ4n) is 4.06. The third-order valence-corrected chi connectivity index (χ3v) is 6.93. The predicted octanol–water partition coefficient (Wildman–Crippen LogP) is 4.35. The number of rotatable bonds is 4. The second-order valence-corrected chi connectivity index (χ2v) is 11.5. The van der Waals surface area contributed by atoms with Gasteiger partial charge in [0, 0.05) is 11.7 Å². The van der Waals surface area contributed by atoms with Crippen molar-refractivity contribution in [2.45, 2.75) is 31.1 Å². The zero-order valence-electron chi connectivity index (χ0n) is 20.5. The first kappa shape index (κ1) is 24.1. The molecule has 186 valence electrons. The van der Waals surface area contributed by atoms with Gasteiger partial charge in [-0.2, -0.15) is 15.5 Å². The summed E-state index contributed by atoms with van der Waals surface area (Å²) in [7, 11) is -3.60. The molecule has 3 aromatic heterocycles. The first-order chi connectivity index (χ1) is 17.5. The molecule has 2 aromatic carbocycles. The van der Waals surface area contributed by atoms with Crippen LogP contribution in [0.25, 0.3) is 22.2 Å². The van der Waals surface area contributed by atoms with Gasteiger partial charge in [0.2, 0.25) is 0 Å². The highest BCUT2D eigenvalue weighted by Crippen LogP contribution is 2.36. The lowest BCUT2D eigenvalue weighted by Gasteiger charge is -2.15. The van der Waals surface area contributed by atoms with E-state index in [2.05, 4.69) is 20.3 Å². The number of benzene rings is 2. The monoisotopic (exact) mass is 514 g/mol. The summed E-state index contributed by atoms with van der Waals surface area (Å²) in [6, 6.07) is 15.4. The van der Waals surface area contributed by atoms with E-state index in [0.717, 1.165) is 6.26 Å². The van der Waals surface area contributed by atoms with E-state index in [1.54, 1.807) is 40.9 Å². The van der Waals surface area contributed by atoms with E-state index in [9.17, 15) is 18.5 Å². The number of nitrogens with zero attached hydrogens (tertiary/aromatic N) is 7. The zero-order chi connectivity index (χ0) is 26.5. The molecule has 0 aliphatic carbocycles. The fourth-order valence-corrected chi connectivity index (χ4v) is 4.92. The Kier molecular flexibility index (Phi) is 5.53. The van der Waals surface area contributed by atoms with Gasteiger partial charge in [0.25, 0.3) is 5.56 Å². The minimum Gasteiger partial charge on any atom is -0.304 e.